The zero-order chi connectivity index (χ0) is 10.9. The first kappa shape index (κ1) is 10.7. The number of esters is 1. The third-order valence-corrected chi connectivity index (χ3v) is 4.18. The van der Waals surface area contributed by atoms with Gasteiger partial charge in [0.1, 0.15) is 5.78 Å². The molecule has 0 N–H and O–H groups in total. The predicted molar refractivity (Wildman–Crippen MR) is 55.3 cm³/mol. The van der Waals surface area contributed by atoms with Crippen LogP contribution in [-0.2, 0) is 14.3 Å². The molecule has 15 heavy (non-hydrogen) atoms. The van der Waals surface area contributed by atoms with Gasteiger partial charge >= 0.3 is 5.97 Å². The van der Waals surface area contributed by atoms with Crippen molar-refractivity contribution in [3.05, 3.63) is 0 Å². The lowest BCUT2D eigenvalue weighted by molar-refractivity contribution is -0.143. The molecule has 0 aromatic rings. The first-order valence-electron chi connectivity index (χ1n) is 5.79. The van der Waals surface area contributed by atoms with E-state index in [1.54, 1.807) is 0 Å². The number of hydrogen-bond donors (Lipinski definition) is 0. The Balaban J connectivity index is 2.10. The summed E-state index contributed by atoms with van der Waals surface area (Å²) in [5.41, 5.74) is -0.145. The van der Waals surface area contributed by atoms with Crippen molar-refractivity contribution in [1.82, 2.24) is 0 Å². The fraction of sp³-hybridized carbons (Fsp3) is 0.833. The summed E-state index contributed by atoms with van der Waals surface area (Å²) < 4.78 is 4.70. The SMILES string of the molecule is COC(=O)CC1CCCC12CCCC2=O. The molecule has 2 atom stereocenters. The summed E-state index contributed by atoms with van der Waals surface area (Å²) in [4.78, 5) is 23.2. The van der Waals surface area contributed by atoms with E-state index >= 15 is 0 Å². The van der Waals surface area contributed by atoms with E-state index in [0.29, 0.717) is 12.2 Å². The van der Waals surface area contributed by atoms with Crippen molar-refractivity contribution in [3.63, 3.8) is 0 Å². The van der Waals surface area contributed by atoms with Crippen LogP contribution in [-0.4, -0.2) is 18.9 Å². The van der Waals surface area contributed by atoms with Crippen LogP contribution in [0, 0.1) is 11.3 Å². The molecule has 0 heterocycles. The standard InChI is InChI=1S/C12H18O3/c1-15-11(14)8-9-4-2-6-12(9)7-3-5-10(12)13/h9H,2-8H2,1H3. The summed E-state index contributed by atoms with van der Waals surface area (Å²) in [6, 6.07) is 0. The van der Waals surface area contributed by atoms with E-state index in [1.165, 1.54) is 7.11 Å². The zero-order valence-corrected chi connectivity index (χ0v) is 9.25. The lowest BCUT2D eigenvalue weighted by atomic mass is 9.74. The minimum absolute atomic E-state index is 0.145. The highest BCUT2D eigenvalue weighted by atomic mass is 16.5. The van der Waals surface area contributed by atoms with E-state index < -0.39 is 0 Å². The Kier molecular flexibility index (Phi) is 2.81. The van der Waals surface area contributed by atoms with Crippen molar-refractivity contribution in [3.8, 4) is 0 Å². The van der Waals surface area contributed by atoms with E-state index in [0.717, 1.165) is 38.5 Å². The molecule has 2 fully saturated rings. The maximum absolute atomic E-state index is 11.9. The lowest BCUT2D eigenvalue weighted by Gasteiger charge is -2.28. The van der Waals surface area contributed by atoms with E-state index in [-0.39, 0.29) is 17.3 Å². The second-order valence-corrected chi connectivity index (χ2v) is 4.80. The summed E-state index contributed by atoms with van der Waals surface area (Å²) in [6.07, 6.45) is 6.26. The molecule has 0 aliphatic heterocycles. The highest BCUT2D eigenvalue weighted by Crippen LogP contribution is 2.53. The van der Waals surface area contributed by atoms with Crippen LogP contribution in [0.2, 0.25) is 0 Å². The number of methoxy groups -OCH3 is 1. The molecule has 0 aromatic heterocycles. The highest BCUT2D eigenvalue weighted by molar-refractivity contribution is 5.88. The smallest absolute Gasteiger partial charge is 0.305 e. The van der Waals surface area contributed by atoms with Crippen LogP contribution in [0.1, 0.15) is 44.9 Å². The number of hydrogen-bond acceptors (Lipinski definition) is 3. The van der Waals surface area contributed by atoms with E-state index in [4.69, 9.17) is 4.74 Å². The van der Waals surface area contributed by atoms with Gasteiger partial charge in [0.25, 0.3) is 0 Å². The van der Waals surface area contributed by atoms with Crippen LogP contribution in [0.4, 0.5) is 0 Å². The fourth-order valence-corrected chi connectivity index (χ4v) is 3.38. The fourth-order valence-electron chi connectivity index (χ4n) is 3.38. The van der Waals surface area contributed by atoms with Crippen LogP contribution < -0.4 is 0 Å². The molecule has 84 valence electrons. The number of ketones is 1. The Morgan fingerprint density at radius 3 is 2.80 bits per heavy atom. The molecule has 2 unspecified atom stereocenters. The van der Waals surface area contributed by atoms with E-state index in [9.17, 15) is 9.59 Å². The maximum atomic E-state index is 11.9. The molecule has 0 radical (unpaired) electrons. The molecular formula is C12H18O3. The molecule has 0 amide bonds. The number of Topliss-reactive ketones (excluding diaryl/α,β-unsaturated/α-hetero) is 1. The molecule has 3 nitrogen and oxygen atoms in total. The van der Waals surface area contributed by atoms with Crippen molar-refractivity contribution in [1.29, 1.82) is 0 Å². The van der Waals surface area contributed by atoms with Gasteiger partial charge in [-0.25, -0.2) is 0 Å². The quantitative estimate of drug-likeness (QED) is 0.655. The molecule has 3 heteroatoms. The summed E-state index contributed by atoms with van der Waals surface area (Å²) in [6.45, 7) is 0. The molecule has 2 aliphatic carbocycles. The van der Waals surface area contributed by atoms with E-state index in [2.05, 4.69) is 0 Å². The Hall–Kier alpha value is -0.860. The Bertz CT molecular complexity index is 281. The van der Waals surface area contributed by atoms with Crippen molar-refractivity contribution >= 4 is 11.8 Å². The van der Waals surface area contributed by atoms with Gasteiger partial charge in [-0.05, 0) is 31.6 Å². The molecule has 0 saturated heterocycles. The van der Waals surface area contributed by atoms with Crippen LogP contribution in [0.15, 0.2) is 0 Å². The summed E-state index contributed by atoms with van der Waals surface area (Å²) in [5, 5.41) is 0. The molecule has 1 spiro atoms. The van der Waals surface area contributed by atoms with E-state index in [1.807, 2.05) is 0 Å². The van der Waals surface area contributed by atoms with Gasteiger partial charge in [0.15, 0.2) is 0 Å². The Morgan fingerprint density at radius 1 is 1.47 bits per heavy atom. The zero-order valence-electron chi connectivity index (χ0n) is 9.25. The third-order valence-electron chi connectivity index (χ3n) is 4.18. The van der Waals surface area contributed by atoms with Crippen LogP contribution in [0.5, 0.6) is 0 Å². The van der Waals surface area contributed by atoms with Gasteiger partial charge in [0, 0.05) is 18.3 Å². The largest absolute Gasteiger partial charge is 0.469 e. The van der Waals surface area contributed by atoms with Crippen molar-refractivity contribution in [2.45, 2.75) is 44.9 Å². The number of carbonyl (C=O) groups excluding carboxylic acids is 2. The first-order chi connectivity index (χ1) is 7.19. The summed E-state index contributed by atoms with van der Waals surface area (Å²) in [5.74, 6) is 0.481. The minimum atomic E-state index is -0.166. The average molecular weight is 210 g/mol. The number of rotatable bonds is 2. The predicted octanol–water partition coefficient (Wildman–Crippen LogP) is 2.09. The molecular weight excluding hydrogens is 192 g/mol. The van der Waals surface area contributed by atoms with Gasteiger partial charge in [-0.2, -0.15) is 0 Å². The Morgan fingerprint density at radius 2 is 2.20 bits per heavy atom. The molecule has 2 saturated carbocycles. The number of ether oxygens (including phenoxy) is 1. The monoisotopic (exact) mass is 210 g/mol. The van der Waals surface area contributed by atoms with Gasteiger partial charge in [-0.1, -0.05) is 6.42 Å². The molecule has 0 aromatic carbocycles. The minimum Gasteiger partial charge on any atom is -0.469 e. The van der Waals surface area contributed by atoms with Gasteiger partial charge in [-0.15, -0.1) is 0 Å². The van der Waals surface area contributed by atoms with Crippen molar-refractivity contribution < 1.29 is 14.3 Å². The van der Waals surface area contributed by atoms with Crippen LogP contribution >= 0.6 is 0 Å². The molecule has 0 bridgehead atoms. The summed E-state index contributed by atoms with van der Waals surface area (Å²) >= 11 is 0. The normalized spacial score (nSPS) is 35.0. The topological polar surface area (TPSA) is 43.4 Å². The lowest BCUT2D eigenvalue weighted by Crippen LogP contribution is -2.31. The van der Waals surface area contributed by atoms with Crippen LogP contribution in [0.25, 0.3) is 0 Å². The number of carbonyl (C=O) groups is 2. The average Bonchev–Trinajstić information content (AvgIpc) is 2.78. The van der Waals surface area contributed by atoms with Crippen LogP contribution in [0.3, 0.4) is 0 Å². The molecule has 2 rings (SSSR count). The maximum Gasteiger partial charge on any atom is 0.305 e. The van der Waals surface area contributed by atoms with Crippen molar-refractivity contribution in [2.24, 2.45) is 11.3 Å². The van der Waals surface area contributed by atoms with Gasteiger partial charge in [-0.3, -0.25) is 9.59 Å². The summed E-state index contributed by atoms with van der Waals surface area (Å²) in [7, 11) is 1.42. The second-order valence-electron chi connectivity index (χ2n) is 4.80. The van der Waals surface area contributed by atoms with Gasteiger partial charge in [0.05, 0.1) is 7.11 Å². The highest BCUT2D eigenvalue weighted by Gasteiger charge is 2.50. The second kappa shape index (κ2) is 3.95. The third kappa shape index (κ3) is 1.68. The van der Waals surface area contributed by atoms with Gasteiger partial charge in [0.2, 0.25) is 0 Å². The molecule has 2 aliphatic rings. The van der Waals surface area contributed by atoms with Gasteiger partial charge < -0.3 is 4.74 Å². The Labute approximate surface area is 90.2 Å². The van der Waals surface area contributed by atoms with Crippen molar-refractivity contribution in [2.75, 3.05) is 7.11 Å². The first-order valence-corrected chi connectivity index (χ1v) is 5.79.